The summed E-state index contributed by atoms with van der Waals surface area (Å²) >= 11 is 0. The van der Waals surface area contributed by atoms with Crippen LogP contribution in [-0.2, 0) is 12.8 Å². The standard InChI is InChI=1S/C34H27N/c1-2-7-23-12-17-28(18-13-23)35-33-11-6-5-10-30(33)32-22-25(16-19-34(32)35)24-14-15-27-20-26-8-3-4-9-29(26)31(27)21-24/h3-6,8-19,21-22H,2,7,20H2,1H3. The molecule has 5 aromatic carbocycles. The maximum atomic E-state index is 2.41. The maximum Gasteiger partial charge on any atom is 0.0541 e. The highest BCUT2D eigenvalue weighted by Gasteiger charge is 2.19. The number of para-hydroxylation sites is 1. The normalized spacial score (nSPS) is 12.3. The Morgan fingerprint density at radius 1 is 0.600 bits per heavy atom. The van der Waals surface area contributed by atoms with E-state index in [9.17, 15) is 0 Å². The Kier molecular flexibility index (Phi) is 4.63. The molecule has 0 N–H and O–H groups in total. The molecule has 1 aliphatic rings. The van der Waals surface area contributed by atoms with Gasteiger partial charge in [0.25, 0.3) is 0 Å². The van der Waals surface area contributed by atoms with Gasteiger partial charge in [0.1, 0.15) is 0 Å². The van der Waals surface area contributed by atoms with Gasteiger partial charge in [0, 0.05) is 16.5 Å². The van der Waals surface area contributed by atoms with E-state index in [1.54, 1.807) is 0 Å². The van der Waals surface area contributed by atoms with E-state index in [-0.39, 0.29) is 0 Å². The quantitative estimate of drug-likeness (QED) is 0.253. The Labute approximate surface area is 206 Å². The minimum atomic E-state index is 1.04. The first-order valence-corrected chi connectivity index (χ1v) is 12.6. The van der Waals surface area contributed by atoms with Crippen molar-refractivity contribution in [2.45, 2.75) is 26.2 Å². The molecule has 0 saturated heterocycles. The smallest absolute Gasteiger partial charge is 0.0541 e. The Bertz CT molecular complexity index is 1720. The lowest BCUT2D eigenvalue weighted by Crippen LogP contribution is -1.94. The molecular formula is C34H27N. The van der Waals surface area contributed by atoms with Crippen molar-refractivity contribution in [3.63, 3.8) is 0 Å². The summed E-state index contributed by atoms with van der Waals surface area (Å²) in [7, 11) is 0. The van der Waals surface area contributed by atoms with E-state index in [0.29, 0.717) is 0 Å². The van der Waals surface area contributed by atoms with Crippen LogP contribution in [0.3, 0.4) is 0 Å². The van der Waals surface area contributed by atoms with Gasteiger partial charge in [-0.2, -0.15) is 0 Å². The summed E-state index contributed by atoms with van der Waals surface area (Å²) in [5.41, 5.74) is 13.3. The molecule has 0 unspecified atom stereocenters. The third-order valence-corrected chi connectivity index (χ3v) is 7.54. The zero-order valence-corrected chi connectivity index (χ0v) is 20.0. The monoisotopic (exact) mass is 449 g/mol. The van der Waals surface area contributed by atoms with Crippen molar-refractivity contribution in [2.24, 2.45) is 0 Å². The molecule has 6 aromatic rings. The molecule has 1 aromatic heterocycles. The van der Waals surface area contributed by atoms with Crippen LogP contribution in [0.1, 0.15) is 30.0 Å². The van der Waals surface area contributed by atoms with E-state index in [1.165, 1.54) is 72.9 Å². The third kappa shape index (κ3) is 3.23. The van der Waals surface area contributed by atoms with Crippen LogP contribution in [0.5, 0.6) is 0 Å². The maximum absolute atomic E-state index is 2.41. The first-order valence-electron chi connectivity index (χ1n) is 12.6. The van der Waals surface area contributed by atoms with Gasteiger partial charge in [-0.1, -0.05) is 86.1 Å². The first kappa shape index (κ1) is 20.3. The van der Waals surface area contributed by atoms with Crippen LogP contribution in [0.15, 0.2) is 109 Å². The summed E-state index contributed by atoms with van der Waals surface area (Å²) in [6.45, 7) is 2.23. The number of rotatable bonds is 4. The van der Waals surface area contributed by atoms with E-state index >= 15 is 0 Å². The van der Waals surface area contributed by atoms with Gasteiger partial charge in [-0.3, -0.25) is 0 Å². The lowest BCUT2D eigenvalue weighted by molar-refractivity contribution is 0.921. The molecule has 0 atom stereocenters. The number of hydrogen-bond donors (Lipinski definition) is 0. The summed E-state index contributed by atoms with van der Waals surface area (Å²) in [6, 6.07) is 40.6. The van der Waals surface area contributed by atoms with E-state index in [0.717, 1.165) is 12.8 Å². The molecular weight excluding hydrogens is 422 g/mol. The molecule has 0 spiro atoms. The molecule has 0 fully saturated rings. The zero-order valence-electron chi connectivity index (χ0n) is 20.0. The summed E-state index contributed by atoms with van der Waals surface area (Å²) < 4.78 is 2.41. The van der Waals surface area contributed by atoms with Crippen LogP contribution >= 0.6 is 0 Å². The Balaban J connectivity index is 1.39. The lowest BCUT2D eigenvalue weighted by Gasteiger charge is -2.10. The fourth-order valence-corrected chi connectivity index (χ4v) is 5.83. The molecule has 1 aliphatic carbocycles. The molecule has 168 valence electrons. The molecule has 1 nitrogen and oxygen atoms in total. The number of nitrogens with zero attached hydrogens (tertiary/aromatic N) is 1. The van der Waals surface area contributed by atoms with Gasteiger partial charge in [-0.25, -0.2) is 0 Å². The molecule has 7 rings (SSSR count). The van der Waals surface area contributed by atoms with Crippen molar-refractivity contribution < 1.29 is 0 Å². The second-order valence-electron chi connectivity index (χ2n) is 9.71. The largest absolute Gasteiger partial charge is 0.309 e. The van der Waals surface area contributed by atoms with Gasteiger partial charge >= 0.3 is 0 Å². The second kappa shape index (κ2) is 7.99. The molecule has 0 radical (unpaired) electrons. The van der Waals surface area contributed by atoms with Crippen LogP contribution in [0.25, 0.3) is 49.7 Å². The topological polar surface area (TPSA) is 4.93 Å². The van der Waals surface area contributed by atoms with Crippen molar-refractivity contribution in [2.75, 3.05) is 0 Å². The summed E-state index contributed by atoms with van der Waals surface area (Å²) in [5, 5.41) is 2.60. The molecule has 1 heteroatoms. The van der Waals surface area contributed by atoms with Crippen molar-refractivity contribution in [1.29, 1.82) is 0 Å². The highest BCUT2D eigenvalue weighted by atomic mass is 15.0. The van der Waals surface area contributed by atoms with Gasteiger partial charge < -0.3 is 4.57 Å². The van der Waals surface area contributed by atoms with E-state index in [2.05, 4.69) is 121 Å². The highest BCUT2D eigenvalue weighted by molar-refractivity contribution is 6.10. The fourth-order valence-electron chi connectivity index (χ4n) is 5.83. The lowest BCUT2D eigenvalue weighted by atomic mass is 9.97. The number of aryl methyl sites for hydroxylation is 1. The molecule has 0 aliphatic heterocycles. The Morgan fingerprint density at radius 3 is 2.20 bits per heavy atom. The van der Waals surface area contributed by atoms with Gasteiger partial charge in [0.05, 0.1) is 11.0 Å². The number of aromatic nitrogens is 1. The van der Waals surface area contributed by atoms with Gasteiger partial charge in [0.15, 0.2) is 0 Å². The van der Waals surface area contributed by atoms with Crippen molar-refractivity contribution in [3.8, 4) is 27.9 Å². The average Bonchev–Trinajstić information content (AvgIpc) is 3.44. The van der Waals surface area contributed by atoms with E-state index in [1.807, 2.05) is 0 Å². The van der Waals surface area contributed by atoms with Gasteiger partial charge in [-0.05, 0) is 88.2 Å². The molecule has 1 heterocycles. The summed E-state index contributed by atoms with van der Waals surface area (Å²) in [4.78, 5) is 0. The zero-order chi connectivity index (χ0) is 23.4. The minimum absolute atomic E-state index is 1.04. The van der Waals surface area contributed by atoms with Crippen molar-refractivity contribution in [3.05, 3.63) is 126 Å². The number of hydrogen-bond acceptors (Lipinski definition) is 0. The summed E-state index contributed by atoms with van der Waals surface area (Å²) in [6.07, 6.45) is 3.34. The van der Waals surface area contributed by atoms with E-state index in [4.69, 9.17) is 0 Å². The number of fused-ring (bicyclic) bond motifs is 6. The number of benzene rings is 5. The SMILES string of the molecule is CCCc1ccc(-n2c3ccccc3c3cc(-c4ccc5c(c4)-c4ccccc4C5)ccc32)cc1. The third-order valence-electron chi connectivity index (χ3n) is 7.54. The first-order chi connectivity index (χ1) is 17.3. The molecule has 0 saturated carbocycles. The minimum Gasteiger partial charge on any atom is -0.309 e. The van der Waals surface area contributed by atoms with Crippen molar-refractivity contribution >= 4 is 21.8 Å². The Morgan fingerprint density at radius 2 is 1.31 bits per heavy atom. The molecule has 35 heavy (non-hydrogen) atoms. The van der Waals surface area contributed by atoms with Crippen LogP contribution in [0.2, 0.25) is 0 Å². The van der Waals surface area contributed by atoms with E-state index < -0.39 is 0 Å². The Hall–Kier alpha value is -4.10. The highest BCUT2D eigenvalue weighted by Crippen LogP contribution is 2.40. The predicted molar refractivity (Wildman–Crippen MR) is 148 cm³/mol. The van der Waals surface area contributed by atoms with Crippen LogP contribution in [0, 0.1) is 0 Å². The average molecular weight is 450 g/mol. The van der Waals surface area contributed by atoms with Crippen molar-refractivity contribution in [1.82, 2.24) is 4.57 Å². The van der Waals surface area contributed by atoms with Gasteiger partial charge in [0.2, 0.25) is 0 Å². The van der Waals surface area contributed by atoms with Crippen LogP contribution in [-0.4, -0.2) is 4.57 Å². The van der Waals surface area contributed by atoms with Crippen LogP contribution in [0.4, 0.5) is 0 Å². The fraction of sp³-hybridized carbons (Fsp3) is 0.118. The molecule has 0 amide bonds. The summed E-state index contributed by atoms with van der Waals surface area (Å²) in [5.74, 6) is 0. The predicted octanol–water partition coefficient (Wildman–Crippen LogP) is 8.97. The van der Waals surface area contributed by atoms with Gasteiger partial charge in [-0.15, -0.1) is 0 Å². The van der Waals surface area contributed by atoms with Crippen LogP contribution < -0.4 is 0 Å². The second-order valence-corrected chi connectivity index (χ2v) is 9.71. The molecule has 0 bridgehead atoms.